The highest BCUT2D eigenvalue weighted by molar-refractivity contribution is 5.13. The Morgan fingerprint density at radius 3 is 2.82 bits per heavy atom. The lowest BCUT2D eigenvalue weighted by Crippen LogP contribution is -2.39. The highest BCUT2D eigenvalue weighted by Gasteiger charge is 2.28. The van der Waals surface area contributed by atoms with Crippen LogP contribution in [0.15, 0.2) is 18.3 Å². The molecule has 1 N–H and O–H groups in total. The number of rotatable bonds is 4. The van der Waals surface area contributed by atoms with E-state index in [9.17, 15) is 0 Å². The number of hydrogen-bond acceptors (Lipinski definition) is 3. The molecule has 0 spiro atoms. The summed E-state index contributed by atoms with van der Waals surface area (Å²) >= 11 is 0. The summed E-state index contributed by atoms with van der Waals surface area (Å²) in [5.41, 5.74) is 2.35. The number of aryl methyl sites for hydroxylation is 1. The molecule has 2 rings (SSSR count). The quantitative estimate of drug-likeness (QED) is 0.866. The monoisotopic (exact) mass is 234 g/mol. The molecule has 17 heavy (non-hydrogen) atoms. The summed E-state index contributed by atoms with van der Waals surface area (Å²) in [4.78, 5) is 4.46. The number of nitrogens with one attached hydrogen (secondary N) is 1. The van der Waals surface area contributed by atoms with Crippen LogP contribution < -0.4 is 5.32 Å². The van der Waals surface area contributed by atoms with Gasteiger partial charge in [0.15, 0.2) is 0 Å². The van der Waals surface area contributed by atoms with Gasteiger partial charge in [0, 0.05) is 24.4 Å². The number of likely N-dealkylation sites (N-methyl/N-ethyl adjacent to an activating group) is 1. The van der Waals surface area contributed by atoms with Crippen molar-refractivity contribution < 1.29 is 4.74 Å². The van der Waals surface area contributed by atoms with Gasteiger partial charge < -0.3 is 10.1 Å². The van der Waals surface area contributed by atoms with Crippen LogP contribution in [-0.2, 0) is 11.2 Å². The van der Waals surface area contributed by atoms with E-state index in [-0.39, 0.29) is 0 Å². The molecule has 1 fully saturated rings. The van der Waals surface area contributed by atoms with Gasteiger partial charge in [-0.25, -0.2) is 0 Å². The maximum Gasteiger partial charge on any atom is 0.0736 e. The van der Waals surface area contributed by atoms with Crippen LogP contribution in [0.4, 0.5) is 0 Å². The second kappa shape index (κ2) is 5.61. The standard InChI is InChI=1S/C14H22N2O/c1-10-4-6-12(16-9-10)8-13(15-3)14-7-5-11(2)17-14/h4,6,9,11,13-15H,5,7-8H2,1-3H3. The third-order valence-electron chi connectivity index (χ3n) is 3.49. The van der Waals surface area contributed by atoms with Gasteiger partial charge in [-0.1, -0.05) is 6.07 Å². The molecular weight excluding hydrogens is 212 g/mol. The molecule has 94 valence electrons. The van der Waals surface area contributed by atoms with Crippen LogP contribution in [0.25, 0.3) is 0 Å². The lowest BCUT2D eigenvalue weighted by Gasteiger charge is -2.22. The molecule has 1 aliphatic heterocycles. The van der Waals surface area contributed by atoms with Crippen LogP contribution in [0.1, 0.15) is 31.0 Å². The van der Waals surface area contributed by atoms with Gasteiger partial charge in [-0.05, 0) is 45.4 Å². The molecule has 1 aromatic heterocycles. The molecule has 0 bridgehead atoms. The molecule has 0 radical (unpaired) electrons. The van der Waals surface area contributed by atoms with Gasteiger partial charge in [-0.15, -0.1) is 0 Å². The van der Waals surface area contributed by atoms with E-state index in [1.54, 1.807) is 0 Å². The minimum Gasteiger partial charge on any atom is -0.374 e. The third kappa shape index (κ3) is 3.27. The summed E-state index contributed by atoms with van der Waals surface area (Å²) in [5, 5.41) is 3.36. The SMILES string of the molecule is CNC(Cc1ccc(C)cn1)C1CCC(C)O1. The van der Waals surface area contributed by atoms with Crippen molar-refractivity contribution in [2.45, 2.75) is 51.4 Å². The Hall–Kier alpha value is -0.930. The lowest BCUT2D eigenvalue weighted by atomic mass is 10.0. The van der Waals surface area contributed by atoms with Crippen molar-refractivity contribution in [3.05, 3.63) is 29.6 Å². The van der Waals surface area contributed by atoms with Crippen LogP contribution in [0.2, 0.25) is 0 Å². The minimum absolute atomic E-state index is 0.332. The Labute approximate surface area is 104 Å². The second-order valence-electron chi connectivity index (χ2n) is 4.99. The minimum atomic E-state index is 0.332. The number of ether oxygens (including phenoxy) is 1. The Morgan fingerprint density at radius 1 is 1.47 bits per heavy atom. The Kier molecular flexibility index (Phi) is 4.13. The zero-order chi connectivity index (χ0) is 12.3. The van der Waals surface area contributed by atoms with E-state index in [1.807, 2.05) is 13.2 Å². The molecule has 0 aliphatic carbocycles. The van der Waals surface area contributed by atoms with E-state index in [2.05, 4.69) is 36.3 Å². The molecule has 1 aromatic rings. The fourth-order valence-electron chi connectivity index (χ4n) is 2.39. The normalized spacial score (nSPS) is 26.1. The molecule has 1 saturated heterocycles. The number of aromatic nitrogens is 1. The Balaban J connectivity index is 1.97. The summed E-state index contributed by atoms with van der Waals surface area (Å²) in [5.74, 6) is 0. The maximum atomic E-state index is 5.92. The first-order chi connectivity index (χ1) is 8.19. The maximum absolute atomic E-state index is 5.92. The smallest absolute Gasteiger partial charge is 0.0736 e. The summed E-state index contributed by atoms with van der Waals surface area (Å²) < 4.78 is 5.92. The average Bonchev–Trinajstić information content (AvgIpc) is 2.75. The Morgan fingerprint density at radius 2 is 2.29 bits per heavy atom. The zero-order valence-corrected chi connectivity index (χ0v) is 10.9. The van der Waals surface area contributed by atoms with Crippen molar-refractivity contribution in [1.29, 1.82) is 0 Å². The van der Waals surface area contributed by atoms with Crippen molar-refractivity contribution >= 4 is 0 Å². The predicted octanol–water partition coefficient (Wildman–Crippen LogP) is 2.09. The number of hydrogen-bond donors (Lipinski definition) is 1. The fourth-order valence-corrected chi connectivity index (χ4v) is 2.39. The topological polar surface area (TPSA) is 34.2 Å². The van der Waals surface area contributed by atoms with Gasteiger partial charge in [0.1, 0.15) is 0 Å². The van der Waals surface area contributed by atoms with Crippen molar-refractivity contribution in [3.8, 4) is 0 Å². The molecule has 1 aliphatic rings. The summed E-state index contributed by atoms with van der Waals surface area (Å²) in [6.45, 7) is 4.21. The zero-order valence-electron chi connectivity index (χ0n) is 10.9. The number of pyridine rings is 1. The van der Waals surface area contributed by atoms with Crippen molar-refractivity contribution in [3.63, 3.8) is 0 Å². The van der Waals surface area contributed by atoms with E-state index < -0.39 is 0 Å². The average molecular weight is 234 g/mol. The van der Waals surface area contributed by atoms with Gasteiger partial charge in [0.25, 0.3) is 0 Å². The van der Waals surface area contributed by atoms with E-state index in [0.717, 1.165) is 18.5 Å². The summed E-state index contributed by atoms with van der Waals surface area (Å²) in [6, 6.07) is 4.60. The summed E-state index contributed by atoms with van der Waals surface area (Å²) in [7, 11) is 2.01. The molecule has 3 nitrogen and oxygen atoms in total. The highest BCUT2D eigenvalue weighted by atomic mass is 16.5. The van der Waals surface area contributed by atoms with Crippen LogP contribution in [0.5, 0.6) is 0 Å². The molecular formula is C14H22N2O. The van der Waals surface area contributed by atoms with E-state index >= 15 is 0 Å². The second-order valence-corrected chi connectivity index (χ2v) is 4.99. The third-order valence-corrected chi connectivity index (χ3v) is 3.49. The van der Waals surface area contributed by atoms with Crippen molar-refractivity contribution in [1.82, 2.24) is 10.3 Å². The first-order valence-electron chi connectivity index (χ1n) is 6.43. The molecule has 0 amide bonds. The first-order valence-corrected chi connectivity index (χ1v) is 6.43. The lowest BCUT2D eigenvalue weighted by molar-refractivity contribution is 0.0335. The Bertz CT molecular complexity index is 350. The van der Waals surface area contributed by atoms with Gasteiger partial charge in [-0.2, -0.15) is 0 Å². The van der Waals surface area contributed by atoms with Gasteiger partial charge in [0.05, 0.1) is 12.2 Å². The van der Waals surface area contributed by atoms with E-state index in [4.69, 9.17) is 4.74 Å². The van der Waals surface area contributed by atoms with Crippen molar-refractivity contribution in [2.24, 2.45) is 0 Å². The van der Waals surface area contributed by atoms with Gasteiger partial charge in [0.2, 0.25) is 0 Å². The van der Waals surface area contributed by atoms with Crippen LogP contribution in [0.3, 0.4) is 0 Å². The van der Waals surface area contributed by atoms with Gasteiger partial charge in [-0.3, -0.25) is 4.98 Å². The summed E-state index contributed by atoms with van der Waals surface area (Å²) in [6.07, 6.45) is 5.93. The van der Waals surface area contributed by atoms with Crippen LogP contribution in [-0.4, -0.2) is 30.3 Å². The van der Waals surface area contributed by atoms with Gasteiger partial charge >= 0.3 is 0 Å². The highest BCUT2D eigenvalue weighted by Crippen LogP contribution is 2.23. The molecule has 3 atom stereocenters. The van der Waals surface area contributed by atoms with E-state index in [1.165, 1.54) is 12.0 Å². The number of nitrogens with zero attached hydrogens (tertiary/aromatic N) is 1. The van der Waals surface area contributed by atoms with Crippen LogP contribution in [0, 0.1) is 6.92 Å². The van der Waals surface area contributed by atoms with Crippen molar-refractivity contribution in [2.75, 3.05) is 7.05 Å². The predicted molar refractivity (Wildman–Crippen MR) is 69.1 cm³/mol. The largest absolute Gasteiger partial charge is 0.374 e. The molecule has 3 unspecified atom stereocenters. The first kappa shape index (κ1) is 12.5. The molecule has 0 saturated carbocycles. The molecule has 2 heterocycles. The fraction of sp³-hybridized carbons (Fsp3) is 0.643. The molecule has 0 aromatic carbocycles. The molecule has 3 heteroatoms. The van der Waals surface area contributed by atoms with Crippen LogP contribution >= 0.6 is 0 Å². The van der Waals surface area contributed by atoms with E-state index in [0.29, 0.717) is 18.2 Å².